The molecule has 0 fully saturated rings. The highest BCUT2D eigenvalue weighted by Gasteiger charge is 2.20. The number of primary sulfonamides is 1. The van der Waals surface area contributed by atoms with Crippen LogP contribution in [0.1, 0.15) is 0 Å². The monoisotopic (exact) mass is 293 g/mol. The number of hydrogen-bond donors (Lipinski definition) is 1. The first-order chi connectivity index (χ1) is 6.98. The van der Waals surface area contributed by atoms with E-state index in [9.17, 15) is 8.42 Å². The van der Waals surface area contributed by atoms with E-state index in [0.717, 1.165) is 0 Å². The Balaban J connectivity index is 2.60. The molecule has 2 rings (SSSR count). The van der Waals surface area contributed by atoms with Crippen molar-refractivity contribution >= 4 is 26.0 Å². The summed E-state index contributed by atoms with van der Waals surface area (Å²) >= 11 is 3.12. The maximum Gasteiger partial charge on any atom is 0.239 e. The summed E-state index contributed by atoms with van der Waals surface area (Å²) in [6, 6.07) is 2.89. The third-order valence-electron chi connectivity index (χ3n) is 1.90. The molecule has 0 aromatic heterocycles. The van der Waals surface area contributed by atoms with E-state index in [-0.39, 0.29) is 4.90 Å². The van der Waals surface area contributed by atoms with Crippen LogP contribution in [0.3, 0.4) is 0 Å². The van der Waals surface area contributed by atoms with Crippen LogP contribution < -0.4 is 14.6 Å². The molecular weight excluding hydrogens is 286 g/mol. The van der Waals surface area contributed by atoms with Crippen LogP contribution in [0, 0.1) is 0 Å². The first kappa shape index (κ1) is 10.7. The van der Waals surface area contributed by atoms with Gasteiger partial charge in [0.1, 0.15) is 13.2 Å². The van der Waals surface area contributed by atoms with Gasteiger partial charge in [-0.05, 0) is 22.0 Å². The van der Waals surface area contributed by atoms with Crippen molar-refractivity contribution in [1.29, 1.82) is 0 Å². The van der Waals surface area contributed by atoms with E-state index in [4.69, 9.17) is 14.6 Å². The van der Waals surface area contributed by atoms with Gasteiger partial charge in [0.15, 0.2) is 11.5 Å². The maximum atomic E-state index is 11.2. The molecule has 0 aliphatic carbocycles. The van der Waals surface area contributed by atoms with Gasteiger partial charge < -0.3 is 9.47 Å². The fourth-order valence-electron chi connectivity index (χ4n) is 1.26. The number of nitrogens with two attached hydrogens (primary N) is 1. The molecule has 0 radical (unpaired) electrons. The number of hydrogen-bond acceptors (Lipinski definition) is 4. The van der Waals surface area contributed by atoms with Gasteiger partial charge in [0.25, 0.3) is 0 Å². The largest absolute Gasteiger partial charge is 0.486 e. The third-order valence-corrected chi connectivity index (χ3v) is 3.77. The van der Waals surface area contributed by atoms with Crippen LogP contribution in [0.4, 0.5) is 0 Å². The number of halogens is 1. The fraction of sp³-hybridized carbons (Fsp3) is 0.250. The van der Waals surface area contributed by atoms with Gasteiger partial charge in [0, 0.05) is 10.5 Å². The minimum atomic E-state index is -3.75. The Kier molecular flexibility index (Phi) is 2.61. The molecule has 1 heterocycles. The summed E-state index contributed by atoms with van der Waals surface area (Å²) < 4.78 is 33.3. The molecule has 0 unspecified atom stereocenters. The van der Waals surface area contributed by atoms with E-state index in [2.05, 4.69) is 15.9 Å². The minimum absolute atomic E-state index is 0.00764. The second kappa shape index (κ2) is 3.66. The molecule has 0 amide bonds. The Bertz CT molecular complexity index is 500. The molecule has 0 spiro atoms. The molecule has 0 saturated heterocycles. The predicted molar refractivity (Wildman–Crippen MR) is 56.5 cm³/mol. The second-order valence-electron chi connectivity index (χ2n) is 2.97. The normalized spacial score (nSPS) is 15.1. The van der Waals surface area contributed by atoms with E-state index in [1.165, 1.54) is 12.1 Å². The third kappa shape index (κ3) is 2.09. The van der Waals surface area contributed by atoms with Crippen molar-refractivity contribution in [2.75, 3.05) is 13.2 Å². The van der Waals surface area contributed by atoms with Gasteiger partial charge in [-0.2, -0.15) is 0 Å². The zero-order valence-electron chi connectivity index (χ0n) is 7.57. The molecule has 2 N–H and O–H groups in total. The summed E-state index contributed by atoms with van der Waals surface area (Å²) in [5.74, 6) is 0.911. The maximum absolute atomic E-state index is 11.2. The first-order valence-corrected chi connectivity index (χ1v) is 6.44. The average Bonchev–Trinajstić information content (AvgIpc) is 2.15. The fourth-order valence-corrected chi connectivity index (χ4v) is 2.86. The Morgan fingerprint density at radius 2 is 1.73 bits per heavy atom. The van der Waals surface area contributed by atoms with E-state index in [0.29, 0.717) is 29.2 Å². The van der Waals surface area contributed by atoms with Crippen LogP contribution in [0.15, 0.2) is 21.5 Å². The lowest BCUT2D eigenvalue weighted by atomic mass is 10.3. The molecule has 15 heavy (non-hydrogen) atoms. The van der Waals surface area contributed by atoms with Crippen LogP contribution >= 0.6 is 15.9 Å². The second-order valence-corrected chi connectivity index (χ2v) is 5.36. The van der Waals surface area contributed by atoms with Crippen LogP contribution in [0.25, 0.3) is 0 Å². The molecule has 5 nitrogen and oxygen atoms in total. The van der Waals surface area contributed by atoms with Crippen molar-refractivity contribution in [3.8, 4) is 11.5 Å². The number of sulfonamides is 1. The van der Waals surface area contributed by atoms with Gasteiger partial charge in [-0.3, -0.25) is 0 Å². The van der Waals surface area contributed by atoms with E-state index >= 15 is 0 Å². The van der Waals surface area contributed by atoms with Gasteiger partial charge in [0.2, 0.25) is 10.0 Å². The van der Waals surface area contributed by atoms with Crippen LogP contribution in [0.5, 0.6) is 11.5 Å². The highest BCUT2D eigenvalue weighted by Crippen LogP contribution is 2.36. The zero-order valence-corrected chi connectivity index (χ0v) is 9.97. The van der Waals surface area contributed by atoms with Crippen molar-refractivity contribution in [3.63, 3.8) is 0 Å². The van der Waals surface area contributed by atoms with Crippen LogP contribution in [-0.4, -0.2) is 21.6 Å². The van der Waals surface area contributed by atoms with Crippen molar-refractivity contribution in [2.45, 2.75) is 4.90 Å². The number of fused-ring (bicyclic) bond motifs is 1. The lowest BCUT2D eigenvalue weighted by Gasteiger charge is -2.19. The highest BCUT2D eigenvalue weighted by molar-refractivity contribution is 9.10. The van der Waals surface area contributed by atoms with Crippen molar-refractivity contribution in [1.82, 2.24) is 0 Å². The van der Waals surface area contributed by atoms with Gasteiger partial charge in [-0.25, -0.2) is 13.6 Å². The standard InChI is InChI=1S/C8H8BrNO4S/c9-5-3-6-7(14-2-1-13-6)4-8(5)15(10,11)12/h3-4H,1-2H2,(H2,10,11,12). The molecule has 82 valence electrons. The first-order valence-electron chi connectivity index (χ1n) is 4.10. The van der Waals surface area contributed by atoms with E-state index in [1.807, 2.05) is 0 Å². The van der Waals surface area contributed by atoms with E-state index in [1.54, 1.807) is 0 Å². The van der Waals surface area contributed by atoms with Crippen LogP contribution in [0.2, 0.25) is 0 Å². The molecule has 0 saturated carbocycles. The quantitative estimate of drug-likeness (QED) is 0.833. The molecule has 0 bridgehead atoms. The summed E-state index contributed by atoms with van der Waals surface area (Å²) in [4.78, 5) is -0.00764. The molecule has 1 aromatic carbocycles. The summed E-state index contributed by atoms with van der Waals surface area (Å²) in [7, 11) is -3.75. The predicted octanol–water partition coefficient (Wildman–Crippen LogP) is 0.868. The zero-order chi connectivity index (χ0) is 11.1. The number of ether oxygens (including phenoxy) is 2. The number of benzene rings is 1. The summed E-state index contributed by atoms with van der Waals surface area (Å²) in [6.07, 6.45) is 0. The highest BCUT2D eigenvalue weighted by atomic mass is 79.9. The Hall–Kier alpha value is -0.790. The SMILES string of the molecule is NS(=O)(=O)c1cc2c(cc1Br)OCCO2. The molecule has 0 atom stereocenters. The Morgan fingerprint density at radius 3 is 2.27 bits per heavy atom. The minimum Gasteiger partial charge on any atom is -0.486 e. The Labute approximate surface area is 95.4 Å². The lowest BCUT2D eigenvalue weighted by molar-refractivity contribution is 0.171. The molecule has 1 aliphatic rings. The van der Waals surface area contributed by atoms with Crippen LogP contribution in [-0.2, 0) is 10.0 Å². The Morgan fingerprint density at radius 1 is 1.20 bits per heavy atom. The van der Waals surface area contributed by atoms with Gasteiger partial charge >= 0.3 is 0 Å². The smallest absolute Gasteiger partial charge is 0.239 e. The average molecular weight is 294 g/mol. The van der Waals surface area contributed by atoms with Gasteiger partial charge in [-0.15, -0.1) is 0 Å². The van der Waals surface area contributed by atoms with E-state index < -0.39 is 10.0 Å². The van der Waals surface area contributed by atoms with Crippen molar-refractivity contribution < 1.29 is 17.9 Å². The van der Waals surface area contributed by atoms with Crippen molar-refractivity contribution in [3.05, 3.63) is 16.6 Å². The molecule has 1 aromatic rings. The van der Waals surface area contributed by atoms with Gasteiger partial charge in [-0.1, -0.05) is 0 Å². The summed E-state index contributed by atoms with van der Waals surface area (Å²) in [5, 5.41) is 5.04. The topological polar surface area (TPSA) is 78.6 Å². The summed E-state index contributed by atoms with van der Waals surface area (Å²) in [6.45, 7) is 0.854. The molecular formula is C8H8BrNO4S. The number of rotatable bonds is 1. The lowest BCUT2D eigenvalue weighted by Crippen LogP contribution is -2.17. The summed E-state index contributed by atoms with van der Waals surface area (Å²) in [5.41, 5.74) is 0. The van der Waals surface area contributed by atoms with Gasteiger partial charge in [0.05, 0.1) is 4.90 Å². The van der Waals surface area contributed by atoms with Crippen molar-refractivity contribution in [2.24, 2.45) is 5.14 Å². The molecule has 7 heteroatoms. The molecule has 1 aliphatic heterocycles.